The van der Waals surface area contributed by atoms with Gasteiger partial charge < -0.3 is 15.5 Å². The van der Waals surface area contributed by atoms with E-state index in [0.717, 1.165) is 24.3 Å². The topological polar surface area (TPSA) is 95.3 Å². The first-order chi connectivity index (χ1) is 15.4. The summed E-state index contributed by atoms with van der Waals surface area (Å²) < 4.78 is 81.9. The van der Waals surface area contributed by atoms with Crippen molar-refractivity contribution < 1.29 is 41.4 Å². The summed E-state index contributed by atoms with van der Waals surface area (Å²) in [4.78, 5) is 19.2. The number of rotatable bonds is 5. The average molecular weight is 471 g/mol. The Morgan fingerprint density at radius 3 is 1.79 bits per heavy atom. The number of alkyl halides is 6. The lowest BCUT2D eigenvalue weighted by molar-refractivity contribution is -0.155. The number of amides is 1. The number of nitrogens with zero attached hydrogens (tertiary/aromatic N) is 2. The Morgan fingerprint density at radius 2 is 1.30 bits per heavy atom. The molecule has 0 saturated heterocycles. The summed E-state index contributed by atoms with van der Waals surface area (Å²) in [5, 5.41) is 21.4. The molecule has 6 nitrogen and oxygen atoms in total. The van der Waals surface area contributed by atoms with Crippen LogP contribution in [0.3, 0.4) is 0 Å². The Bertz CT molecular complexity index is 1120. The second-order valence-corrected chi connectivity index (χ2v) is 6.85. The Hall–Kier alpha value is -3.83. The third-order valence-electron chi connectivity index (χ3n) is 4.55. The van der Waals surface area contributed by atoms with Gasteiger partial charge in [-0.15, -0.1) is 0 Å². The number of hydrogen-bond donors (Lipinski definition) is 3. The molecule has 3 aromatic rings. The molecule has 0 aliphatic carbocycles. The van der Waals surface area contributed by atoms with Crippen molar-refractivity contribution in [3.05, 3.63) is 83.3 Å². The van der Waals surface area contributed by atoms with E-state index in [1.807, 2.05) is 0 Å². The number of carbonyl (C=O) groups is 1. The first-order valence-corrected chi connectivity index (χ1v) is 9.23. The summed E-state index contributed by atoms with van der Waals surface area (Å²) in [5.41, 5.74) is -1.96. The molecule has 0 bridgehead atoms. The van der Waals surface area contributed by atoms with Crippen molar-refractivity contribution in [3.8, 4) is 11.6 Å². The first-order valence-electron chi connectivity index (χ1n) is 9.23. The van der Waals surface area contributed by atoms with Gasteiger partial charge >= 0.3 is 12.4 Å². The monoisotopic (exact) mass is 471 g/mol. The van der Waals surface area contributed by atoms with Gasteiger partial charge in [0.05, 0.1) is 0 Å². The predicted octanol–water partition coefficient (Wildman–Crippen LogP) is 4.62. The zero-order valence-corrected chi connectivity index (χ0v) is 16.4. The maximum atomic E-state index is 13.8. The average Bonchev–Trinajstić information content (AvgIpc) is 2.74. The number of nitrogens with one attached hydrogen (secondary N) is 1. The highest BCUT2D eigenvalue weighted by Gasteiger charge is 2.46. The third kappa shape index (κ3) is 5.33. The highest BCUT2D eigenvalue weighted by Crippen LogP contribution is 2.40. The highest BCUT2D eigenvalue weighted by molar-refractivity contribution is 5.95. The van der Waals surface area contributed by atoms with Crippen molar-refractivity contribution in [1.29, 1.82) is 0 Å². The van der Waals surface area contributed by atoms with Crippen molar-refractivity contribution in [2.45, 2.75) is 24.3 Å². The third-order valence-corrected chi connectivity index (χ3v) is 4.55. The lowest BCUT2D eigenvalue weighted by Gasteiger charge is -2.23. The van der Waals surface area contributed by atoms with Gasteiger partial charge in [0.15, 0.2) is 11.7 Å². The van der Waals surface area contributed by atoms with E-state index in [4.69, 9.17) is 0 Å². The maximum absolute atomic E-state index is 13.8. The van der Waals surface area contributed by atoms with Gasteiger partial charge in [0, 0.05) is 0 Å². The summed E-state index contributed by atoms with van der Waals surface area (Å²) in [6.45, 7) is 0. The molecule has 1 aromatic heterocycles. The molecule has 3 rings (SSSR count). The first kappa shape index (κ1) is 23.8. The van der Waals surface area contributed by atoms with Gasteiger partial charge in [-0.1, -0.05) is 60.7 Å². The molecule has 2 atom stereocenters. The molecular formula is C21H15F6N3O3. The molecule has 33 heavy (non-hydrogen) atoms. The lowest BCUT2D eigenvalue weighted by atomic mass is 9.97. The minimum Gasteiger partial charge on any atom is -0.501 e. The molecule has 0 radical (unpaired) electrons. The van der Waals surface area contributed by atoms with Crippen LogP contribution in [0.2, 0.25) is 0 Å². The summed E-state index contributed by atoms with van der Waals surface area (Å²) in [6, 6.07) is 9.88. The molecule has 0 saturated carbocycles. The molecule has 174 valence electrons. The van der Waals surface area contributed by atoms with Crippen LogP contribution < -0.4 is 5.32 Å². The van der Waals surface area contributed by atoms with Crippen LogP contribution in [0.15, 0.2) is 60.7 Å². The molecule has 0 aliphatic heterocycles. The molecule has 12 heteroatoms. The van der Waals surface area contributed by atoms with Crippen LogP contribution in [0.5, 0.6) is 11.6 Å². The van der Waals surface area contributed by atoms with Crippen LogP contribution in [-0.2, 0) is 0 Å². The van der Waals surface area contributed by atoms with Gasteiger partial charge in [-0.25, -0.2) is 4.98 Å². The van der Waals surface area contributed by atoms with E-state index in [1.54, 1.807) is 5.32 Å². The number of carbonyl (C=O) groups excluding carboxylic acids is 1. The van der Waals surface area contributed by atoms with E-state index >= 15 is 0 Å². The summed E-state index contributed by atoms with van der Waals surface area (Å²) in [5.74, 6) is -8.06. The highest BCUT2D eigenvalue weighted by atomic mass is 19.4. The number of halogens is 6. The Kier molecular flexibility index (Phi) is 6.47. The predicted molar refractivity (Wildman–Crippen MR) is 102 cm³/mol. The maximum Gasteiger partial charge on any atom is 0.412 e. The molecule has 2 aromatic carbocycles. The lowest BCUT2D eigenvalue weighted by Crippen LogP contribution is -2.38. The molecule has 3 N–H and O–H groups in total. The number of aromatic nitrogens is 2. The zero-order valence-electron chi connectivity index (χ0n) is 16.4. The fourth-order valence-electron chi connectivity index (χ4n) is 3.08. The number of benzene rings is 2. The fourth-order valence-corrected chi connectivity index (χ4v) is 3.08. The van der Waals surface area contributed by atoms with Gasteiger partial charge in [0.2, 0.25) is 5.75 Å². The van der Waals surface area contributed by atoms with Crippen molar-refractivity contribution >= 4 is 5.91 Å². The van der Waals surface area contributed by atoms with Crippen molar-refractivity contribution in [3.63, 3.8) is 0 Å². The Morgan fingerprint density at radius 1 is 0.788 bits per heavy atom. The van der Waals surface area contributed by atoms with Gasteiger partial charge in [-0.3, -0.25) is 4.79 Å². The van der Waals surface area contributed by atoms with Crippen molar-refractivity contribution in [2.75, 3.05) is 0 Å². The van der Waals surface area contributed by atoms with E-state index in [9.17, 15) is 41.4 Å². The van der Waals surface area contributed by atoms with E-state index in [2.05, 4.69) is 9.97 Å². The van der Waals surface area contributed by atoms with Crippen LogP contribution in [0.4, 0.5) is 26.3 Å². The van der Waals surface area contributed by atoms with Crippen molar-refractivity contribution in [2.24, 2.45) is 0 Å². The fraction of sp³-hybridized carbons (Fsp3) is 0.190. The molecule has 1 heterocycles. The van der Waals surface area contributed by atoms with Crippen LogP contribution in [0.25, 0.3) is 0 Å². The smallest absolute Gasteiger partial charge is 0.412 e. The van der Waals surface area contributed by atoms with Gasteiger partial charge in [0.25, 0.3) is 11.8 Å². The van der Waals surface area contributed by atoms with Crippen LogP contribution in [0, 0.1) is 0 Å². The quantitative estimate of drug-likeness (QED) is 0.473. The molecule has 0 fully saturated rings. The standard InChI is InChI=1S/C21H15F6N3O3/c22-20(23,24)13(11-7-3-1-4-8-11)17-28-14(15(31)19(33)30-17)18(32)29-16(21(25,26)27)12-9-5-2-6-10-12/h1-10,13,16,31H,(H,29,32)(H,28,30,33). The molecule has 0 spiro atoms. The summed E-state index contributed by atoms with van der Waals surface area (Å²) >= 11 is 0. The molecule has 0 aliphatic rings. The Labute approximate surface area is 182 Å². The number of aromatic hydroxyl groups is 2. The van der Waals surface area contributed by atoms with E-state index in [1.165, 1.54) is 36.4 Å². The summed E-state index contributed by atoms with van der Waals surface area (Å²) in [6.07, 6.45) is -9.97. The van der Waals surface area contributed by atoms with Gasteiger partial charge in [-0.2, -0.15) is 31.3 Å². The normalized spacial score (nSPS) is 13.9. The number of hydrogen-bond acceptors (Lipinski definition) is 5. The van der Waals surface area contributed by atoms with E-state index in [0.29, 0.717) is 0 Å². The van der Waals surface area contributed by atoms with Crippen LogP contribution >= 0.6 is 0 Å². The second kappa shape index (κ2) is 8.96. The van der Waals surface area contributed by atoms with E-state index in [-0.39, 0.29) is 11.1 Å². The van der Waals surface area contributed by atoms with Crippen LogP contribution in [-0.4, -0.2) is 38.4 Å². The second-order valence-electron chi connectivity index (χ2n) is 6.85. The van der Waals surface area contributed by atoms with E-state index < -0.39 is 53.4 Å². The molecule has 2 unspecified atom stereocenters. The molecular weight excluding hydrogens is 456 g/mol. The largest absolute Gasteiger partial charge is 0.501 e. The van der Waals surface area contributed by atoms with Crippen molar-refractivity contribution in [1.82, 2.24) is 15.3 Å². The van der Waals surface area contributed by atoms with Crippen LogP contribution in [0.1, 0.15) is 39.4 Å². The van der Waals surface area contributed by atoms with Gasteiger partial charge in [0.1, 0.15) is 11.7 Å². The molecule has 1 amide bonds. The summed E-state index contributed by atoms with van der Waals surface area (Å²) in [7, 11) is 0. The SMILES string of the molecule is O=C(NC(c1ccccc1)C(F)(F)F)c1nc(C(c2ccccc2)C(F)(F)F)nc(O)c1O. The minimum absolute atomic E-state index is 0.348. The van der Waals surface area contributed by atoms with Gasteiger partial charge in [-0.05, 0) is 11.1 Å². The zero-order chi connectivity index (χ0) is 24.4. The minimum atomic E-state index is -4.99. The Balaban J connectivity index is 2.06.